The number of nitrogens with one attached hydrogen (secondary N) is 2. The van der Waals surface area contributed by atoms with Crippen LogP contribution in [-0.2, 0) is 32.0 Å². The van der Waals surface area contributed by atoms with Crippen LogP contribution >= 0.6 is 0 Å². The van der Waals surface area contributed by atoms with Gasteiger partial charge in [0.25, 0.3) is 0 Å². The third kappa shape index (κ3) is 10.6. The van der Waals surface area contributed by atoms with Crippen molar-refractivity contribution in [3.63, 3.8) is 0 Å². The van der Waals surface area contributed by atoms with E-state index in [0.29, 0.717) is 29.2 Å². The lowest BCUT2D eigenvalue weighted by molar-refractivity contribution is -0.142. The number of allylic oxidation sites excluding steroid dienone is 4. The van der Waals surface area contributed by atoms with Gasteiger partial charge in [-0.1, -0.05) is 31.2 Å². The van der Waals surface area contributed by atoms with E-state index < -0.39 is 23.5 Å². The van der Waals surface area contributed by atoms with Gasteiger partial charge in [0.15, 0.2) is 0 Å². The van der Waals surface area contributed by atoms with Crippen LogP contribution in [0.25, 0.3) is 5.57 Å². The number of benzene rings is 2. The van der Waals surface area contributed by atoms with Gasteiger partial charge in [0.1, 0.15) is 22.9 Å². The maximum Gasteiger partial charge on any atom is 0.407 e. The van der Waals surface area contributed by atoms with Crippen molar-refractivity contribution in [2.75, 3.05) is 11.9 Å². The monoisotopic (exact) mass is 570 g/mol. The number of rotatable bonds is 11. The molecule has 2 amide bonds. The molecule has 0 aliphatic carbocycles. The van der Waals surface area contributed by atoms with Crippen LogP contribution in [0.2, 0.25) is 0 Å². The number of ether oxygens (including phenoxy) is 3. The molecule has 2 aromatic rings. The van der Waals surface area contributed by atoms with E-state index in [1.54, 1.807) is 52.0 Å². The van der Waals surface area contributed by atoms with Gasteiger partial charge >= 0.3 is 12.1 Å². The molecule has 0 saturated heterocycles. The number of anilines is 1. The molecule has 3 N–H and O–H groups in total. The normalized spacial score (nSPS) is 12.2. The first-order chi connectivity index (χ1) is 19.2. The fourth-order valence-electron chi connectivity index (χ4n) is 3.73. The molecular formula is C31H39FN2O7. The highest BCUT2D eigenvalue weighted by Crippen LogP contribution is 2.30. The van der Waals surface area contributed by atoms with Gasteiger partial charge < -0.3 is 30.0 Å². The predicted molar refractivity (Wildman–Crippen MR) is 155 cm³/mol. The summed E-state index contributed by atoms with van der Waals surface area (Å²) in [4.78, 5) is 35.8. The Balaban J connectivity index is 2.43. The lowest BCUT2D eigenvalue weighted by Crippen LogP contribution is -2.32. The molecule has 0 aliphatic rings. The summed E-state index contributed by atoms with van der Waals surface area (Å²) in [5.74, 6) is -0.864. The van der Waals surface area contributed by atoms with Crippen LogP contribution in [0, 0.1) is 5.82 Å². The summed E-state index contributed by atoms with van der Waals surface area (Å²) in [5.41, 5.74) is 0.739. The molecule has 0 spiro atoms. The van der Waals surface area contributed by atoms with Crippen molar-refractivity contribution in [2.45, 2.75) is 73.5 Å². The van der Waals surface area contributed by atoms with E-state index in [4.69, 9.17) is 14.2 Å². The van der Waals surface area contributed by atoms with Crippen LogP contribution in [0.3, 0.4) is 0 Å². The summed E-state index contributed by atoms with van der Waals surface area (Å²) in [6, 6.07) is 9.53. The van der Waals surface area contributed by atoms with Crippen molar-refractivity contribution in [2.24, 2.45) is 0 Å². The van der Waals surface area contributed by atoms with Gasteiger partial charge in [-0.3, -0.25) is 9.59 Å². The van der Waals surface area contributed by atoms with Crippen molar-refractivity contribution in [1.29, 1.82) is 0 Å². The summed E-state index contributed by atoms with van der Waals surface area (Å²) in [7, 11) is 0. The van der Waals surface area contributed by atoms with Gasteiger partial charge in [-0.05, 0) is 46.8 Å². The molecule has 0 heterocycles. The van der Waals surface area contributed by atoms with Gasteiger partial charge in [0, 0.05) is 53.9 Å². The van der Waals surface area contributed by atoms with Crippen molar-refractivity contribution in [1.82, 2.24) is 5.32 Å². The number of carbonyl (C=O) groups is 3. The van der Waals surface area contributed by atoms with Crippen molar-refractivity contribution < 1.29 is 38.1 Å². The summed E-state index contributed by atoms with van der Waals surface area (Å²) in [6.07, 6.45) is 1.11. The standard InChI is InChI=1S/C31H39FN2O7/c1-8-24(40-27-16-23(34-20(4)36)14-13-21(27)15-28(37)39-9-2)17-26(19(3)35)25-12-10-11-22(29(25)32)18-33-30(38)41-31(5,6)7/h10-14,16-17,35H,8-9,15,18H2,1-7H3,(H,33,38)(H,34,36)/b24-17+,26-19-. The van der Waals surface area contributed by atoms with Crippen LogP contribution in [0.5, 0.6) is 5.75 Å². The predicted octanol–water partition coefficient (Wildman–Crippen LogP) is 6.58. The number of hydrogen-bond donors (Lipinski definition) is 3. The van der Waals surface area contributed by atoms with Crippen LogP contribution in [0.4, 0.5) is 14.9 Å². The Hall–Kier alpha value is -4.34. The SMILES string of the molecule is CCOC(=O)Cc1ccc(NC(C)=O)cc1O/C(=C/C(=C(\C)O)c1cccc(CNC(=O)OC(C)(C)C)c1F)CC. The first kappa shape index (κ1) is 32.9. The summed E-state index contributed by atoms with van der Waals surface area (Å²) < 4.78 is 32.0. The summed E-state index contributed by atoms with van der Waals surface area (Å²) >= 11 is 0. The molecule has 0 bridgehead atoms. The molecule has 222 valence electrons. The molecule has 41 heavy (non-hydrogen) atoms. The number of hydrogen-bond acceptors (Lipinski definition) is 7. The smallest absolute Gasteiger partial charge is 0.407 e. The first-order valence-electron chi connectivity index (χ1n) is 13.3. The molecule has 0 atom stereocenters. The Morgan fingerprint density at radius 1 is 1.05 bits per heavy atom. The number of alkyl carbamates (subject to hydrolysis) is 1. The quantitative estimate of drug-likeness (QED) is 0.158. The lowest BCUT2D eigenvalue weighted by Gasteiger charge is -2.20. The zero-order valence-electron chi connectivity index (χ0n) is 24.6. The van der Waals surface area contributed by atoms with Gasteiger partial charge in [-0.2, -0.15) is 0 Å². The van der Waals surface area contributed by atoms with E-state index in [1.165, 1.54) is 32.1 Å². The Bertz CT molecular complexity index is 1320. The maximum absolute atomic E-state index is 15.6. The summed E-state index contributed by atoms with van der Waals surface area (Å²) in [6.45, 7) is 11.6. The third-order valence-corrected chi connectivity index (χ3v) is 5.50. The van der Waals surface area contributed by atoms with E-state index in [-0.39, 0.29) is 47.9 Å². The lowest BCUT2D eigenvalue weighted by atomic mass is 9.99. The van der Waals surface area contributed by atoms with E-state index in [9.17, 15) is 19.5 Å². The number of carbonyl (C=O) groups excluding carboxylic acids is 3. The van der Waals surface area contributed by atoms with Crippen molar-refractivity contribution >= 4 is 29.2 Å². The van der Waals surface area contributed by atoms with E-state index in [0.717, 1.165) is 0 Å². The number of amides is 2. The van der Waals surface area contributed by atoms with E-state index in [1.807, 2.05) is 6.92 Å². The van der Waals surface area contributed by atoms with Crippen LogP contribution < -0.4 is 15.4 Å². The maximum atomic E-state index is 15.6. The Morgan fingerprint density at radius 3 is 2.34 bits per heavy atom. The Morgan fingerprint density at radius 2 is 1.76 bits per heavy atom. The molecule has 0 saturated carbocycles. The Labute approximate surface area is 240 Å². The fraction of sp³-hybridized carbons (Fsp3) is 0.387. The van der Waals surface area contributed by atoms with Crippen LogP contribution in [-0.4, -0.2) is 35.3 Å². The molecule has 9 nitrogen and oxygen atoms in total. The molecule has 0 radical (unpaired) electrons. The van der Waals surface area contributed by atoms with Crippen molar-refractivity contribution in [3.05, 3.63) is 76.5 Å². The topological polar surface area (TPSA) is 123 Å². The molecule has 2 rings (SSSR count). The highest BCUT2D eigenvalue weighted by atomic mass is 19.1. The second-order valence-electron chi connectivity index (χ2n) is 10.2. The minimum Gasteiger partial charge on any atom is -0.512 e. The average Bonchev–Trinajstić information content (AvgIpc) is 2.86. The zero-order chi connectivity index (χ0) is 30.7. The number of halogens is 1. The molecule has 0 aromatic heterocycles. The largest absolute Gasteiger partial charge is 0.512 e. The third-order valence-electron chi connectivity index (χ3n) is 5.50. The first-order valence-corrected chi connectivity index (χ1v) is 13.3. The fourth-order valence-corrected chi connectivity index (χ4v) is 3.73. The average molecular weight is 571 g/mol. The second-order valence-corrected chi connectivity index (χ2v) is 10.2. The van der Waals surface area contributed by atoms with Gasteiger partial charge in [-0.25, -0.2) is 9.18 Å². The minimum atomic E-state index is -0.701. The molecule has 0 fully saturated rings. The van der Waals surface area contributed by atoms with Gasteiger partial charge in [0.05, 0.1) is 18.8 Å². The number of aliphatic hydroxyl groups excluding tert-OH is 1. The van der Waals surface area contributed by atoms with E-state index >= 15 is 4.39 Å². The van der Waals surface area contributed by atoms with Gasteiger partial charge in [0.2, 0.25) is 5.91 Å². The van der Waals surface area contributed by atoms with Gasteiger partial charge in [-0.15, -0.1) is 0 Å². The molecule has 0 unspecified atom stereocenters. The molecule has 2 aromatic carbocycles. The molecular weight excluding hydrogens is 531 g/mol. The van der Waals surface area contributed by atoms with Crippen LogP contribution in [0.1, 0.15) is 71.6 Å². The summed E-state index contributed by atoms with van der Waals surface area (Å²) in [5, 5.41) is 15.7. The second kappa shape index (κ2) is 14.9. The highest BCUT2D eigenvalue weighted by Gasteiger charge is 2.19. The van der Waals surface area contributed by atoms with E-state index in [2.05, 4.69) is 10.6 Å². The molecule has 10 heteroatoms. The van der Waals surface area contributed by atoms with Crippen LogP contribution in [0.15, 0.2) is 54.0 Å². The Kier molecular flexibility index (Phi) is 11.9. The molecule has 0 aliphatic heterocycles. The zero-order valence-corrected chi connectivity index (χ0v) is 24.6. The number of aliphatic hydroxyl groups is 1. The van der Waals surface area contributed by atoms with Crippen molar-refractivity contribution in [3.8, 4) is 5.75 Å². The number of esters is 1. The minimum absolute atomic E-state index is 0.0659. The highest BCUT2D eigenvalue weighted by molar-refractivity contribution is 5.89.